The van der Waals surface area contributed by atoms with E-state index in [0.29, 0.717) is 19.0 Å². The minimum Gasteiger partial charge on any atom is -0.244 e. The third-order valence-corrected chi connectivity index (χ3v) is 4.80. The van der Waals surface area contributed by atoms with Crippen LogP contribution in [0.4, 0.5) is 0 Å². The summed E-state index contributed by atoms with van der Waals surface area (Å²) in [6.07, 6.45) is 2.24. The van der Waals surface area contributed by atoms with Crippen molar-refractivity contribution >= 4 is 10.0 Å². The molecule has 1 aliphatic rings. The predicted molar refractivity (Wildman–Crippen MR) is 61.5 cm³/mol. The highest BCUT2D eigenvalue weighted by Crippen LogP contribution is 2.26. The van der Waals surface area contributed by atoms with E-state index in [0.717, 1.165) is 6.42 Å². The van der Waals surface area contributed by atoms with Crippen LogP contribution in [0.25, 0.3) is 0 Å². The molecule has 1 aromatic rings. The highest BCUT2D eigenvalue weighted by atomic mass is 32.2. The molecule has 17 heavy (non-hydrogen) atoms. The van der Waals surface area contributed by atoms with Crippen molar-refractivity contribution in [2.75, 3.05) is 13.1 Å². The van der Waals surface area contributed by atoms with Crippen LogP contribution in [0.15, 0.2) is 23.2 Å². The van der Waals surface area contributed by atoms with Crippen molar-refractivity contribution in [3.05, 3.63) is 24.0 Å². The van der Waals surface area contributed by atoms with Gasteiger partial charge in [0, 0.05) is 19.3 Å². The van der Waals surface area contributed by atoms with E-state index in [1.165, 1.54) is 22.6 Å². The van der Waals surface area contributed by atoms with Crippen LogP contribution in [0.3, 0.4) is 0 Å². The first-order valence-electron chi connectivity index (χ1n) is 5.44. The van der Waals surface area contributed by atoms with Gasteiger partial charge in [0.15, 0.2) is 0 Å². The Morgan fingerprint density at radius 2 is 2.24 bits per heavy atom. The Morgan fingerprint density at radius 3 is 2.71 bits per heavy atom. The Hall–Kier alpha value is -1.45. The van der Waals surface area contributed by atoms with Gasteiger partial charge < -0.3 is 0 Å². The summed E-state index contributed by atoms with van der Waals surface area (Å²) in [5.41, 5.74) is 0.221. The Bertz CT molecular complexity index is 539. The minimum absolute atomic E-state index is 0.158. The van der Waals surface area contributed by atoms with Crippen LogP contribution in [0.1, 0.15) is 19.0 Å². The number of hydrogen-bond donors (Lipinski definition) is 0. The molecule has 0 spiro atoms. The summed E-state index contributed by atoms with van der Waals surface area (Å²) in [4.78, 5) is 3.93. The van der Waals surface area contributed by atoms with Crippen molar-refractivity contribution in [2.45, 2.75) is 18.2 Å². The maximum absolute atomic E-state index is 12.1. The number of aromatic nitrogens is 1. The average Bonchev–Trinajstić information content (AvgIpc) is 2.27. The van der Waals surface area contributed by atoms with Gasteiger partial charge in [0.1, 0.15) is 16.7 Å². The van der Waals surface area contributed by atoms with Crippen molar-refractivity contribution in [3.63, 3.8) is 0 Å². The smallest absolute Gasteiger partial charge is 0.244 e. The molecule has 0 bridgehead atoms. The average molecular weight is 251 g/mol. The molecule has 1 saturated heterocycles. The predicted octanol–water partition coefficient (Wildman–Crippen LogP) is 0.984. The van der Waals surface area contributed by atoms with E-state index >= 15 is 0 Å². The number of hydrogen-bond acceptors (Lipinski definition) is 4. The summed E-state index contributed by atoms with van der Waals surface area (Å²) in [5.74, 6) is 0.469. The highest BCUT2D eigenvalue weighted by molar-refractivity contribution is 7.89. The van der Waals surface area contributed by atoms with E-state index in [4.69, 9.17) is 5.26 Å². The zero-order valence-electron chi connectivity index (χ0n) is 9.50. The molecular weight excluding hydrogens is 238 g/mol. The first-order chi connectivity index (χ1) is 8.07. The van der Waals surface area contributed by atoms with Gasteiger partial charge in [-0.05, 0) is 18.1 Å². The van der Waals surface area contributed by atoms with Crippen LogP contribution in [0, 0.1) is 17.2 Å². The van der Waals surface area contributed by atoms with Crippen molar-refractivity contribution in [2.24, 2.45) is 5.92 Å². The molecule has 6 heteroatoms. The van der Waals surface area contributed by atoms with Gasteiger partial charge in [-0.2, -0.15) is 9.57 Å². The molecule has 1 fully saturated rings. The fraction of sp³-hybridized carbons (Fsp3) is 0.455. The number of sulfonamides is 1. The zero-order valence-corrected chi connectivity index (χ0v) is 10.3. The number of rotatable bonds is 3. The molecule has 0 saturated carbocycles. The molecular formula is C11H13N3O2S. The van der Waals surface area contributed by atoms with Crippen molar-refractivity contribution < 1.29 is 8.42 Å². The molecule has 0 aromatic carbocycles. The number of nitrogens with zero attached hydrogens (tertiary/aromatic N) is 3. The summed E-state index contributed by atoms with van der Waals surface area (Å²) in [5, 5.41) is 8.59. The van der Waals surface area contributed by atoms with E-state index in [-0.39, 0.29) is 10.6 Å². The zero-order chi connectivity index (χ0) is 12.5. The monoisotopic (exact) mass is 251 g/mol. The molecule has 5 nitrogen and oxygen atoms in total. The van der Waals surface area contributed by atoms with Gasteiger partial charge in [-0.15, -0.1) is 0 Å². The number of nitriles is 1. The summed E-state index contributed by atoms with van der Waals surface area (Å²) in [7, 11) is -3.41. The van der Waals surface area contributed by atoms with Crippen molar-refractivity contribution in [1.82, 2.24) is 9.29 Å². The van der Waals surface area contributed by atoms with E-state index < -0.39 is 10.0 Å². The second kappa shape index (κ2) is 4.43. The molecule has 0 N–H and O–H groups in total. The Morgan fingerprint density at radius 1 is 1.53 bits per heavy atom. The van der Waals surface area contributed by atoms with E-state index in [9.17, 15) is 8.42 Å². The minimum atomic E-state index is -3.41. The molecule has 1 aromatic heterocycles. The fourth-order valence-corrected chi connectivity index (χ4v) is 3.26. The van der Waals surface area contributed by atoms with Gasteiger partial charge >= 0.3 is 0 Å². The van der Waals surface area contributed by atoms with Crippen LogP contribution >= 0.6 is 0 Å². The molecule has 2 rings (SSSR count). The molecule has 1 aliphatic heterocycles. The van der Waals surface area contributed by atoms with Crippen LogP contribution in [-0.4, -0.2) is 30.8 Å². The molecule has 2 heterocycles. The third-order valence-electron chi connectivity index (χ3n) is 2.99. The second-order valence-electron chi connectivity index (χ2n) is 4.09. The summed E-state index contributed by atoms with van der Waals surface area (Å²) >= 11 is 0. The topological polar surface area (TPSA) is 74.1 Å². The third kappa shape index (κ3) is 2.16. The van der Waals surface area contributed by atoms with Crippen LogP contribution < -0.4 is 0 Å². The van der Waals surface area contributed by atoms with E-state index in [2.05, 4.69) is 11.9 Å². The summed E-state index contributed by atoms with van der Waals surface area (Å²) in [6, 6.07) is 4.71. The molecule has 0 radical (unpaired) electrons. The quantitative estimate of drug-likeness (QED) is 0.802. The van der Waals surface area contributed by atoms with Gasteiger partial charge in [0.05, 0.1) is 0 Å². The standard InChI is InChI=1S/C11H13N3O2S/c1-2-9-7-14(8-9)17(15,16)11-4-3-10(5-12)13-6-11/h3-4,6,9H,2,7-8H2,1H3. The second-order valence-corrected chi connectivity index (χ2v) is 6.03. The van der Waals surface area contributed by atoms with E-state index in [1.807, 2.05) is 6.07 Å². The Kier molecular flexibility index (Phi) is 3.13. The maximum Gasteiger partial charge on any atom is 0.244 e. The lowest BCUT2D eigenvalue weighted by Gasteiger charge is -2.37. The SMILES string of the molecule is CCC1CN(S(=O)(=O)c2ccc(C#N)nc2)C1. The molecule has 0 unspecified atom stereocenters. The lowest BCUT2D eigenvalue weighted by Crippen LogP contribution is -2.49. The Labute approximate surface area is 101 Å². The van der Waals surface area contributed by atoms with E-state index in [1.54, 1.807) is 0 Å². The molecule has 0 aliphatic carbocycles. The van der Waals surface area contributed by atoms with Gasteiger partial charge in [-0.25, -0.2) is 13.4 Å². The summed E-state index contributed by atoms with van der Waals surface area (Å²) in [6.45, 7) is 3.22. The van der Waals surface area contributed by atoms with Crippen LogP contribution in [0.5, 0.6) is 0 Å². The van der Waals surface area contributed by atoms with Gasteiger partial charge in [0.25, 0.3) is 0 Å². The molecule has 90 valence electrons. The van der Waals surface area contributed by atoms with Gasteiger partial charge in [0.2, 0.25) is 10.0 Å². The van der Waals surface area contributed by atoms with Crippen molar-refractivity contribution in [1.29, 1.82) is 5.26 Å². The van der Waals surface area contributed by atoms with Crippen molar-refractivity contribution in [3.8, 4) is 6.07 Å². The Balaban J connectivity index is 2.19. The summed E-state index contributed by atoms with van der Waals surface area (Å²) < 4.78 is 25.6. The highest BCUT2D eigenvalue weighted by Gasteiger charge is 2.35. The van der Waals surface area contributed by atoms with Crippen LogP contribution in [0.2, 0.25) is 0 Å². The van der Waals surface area contributed by atoms with Gasteiger partial charge in [-0.3, -0.25) is 0 Å². The van der Waals surface area contributed by atoms with Gasteiger partial charge in [-0.1, -0.05) is 13.3 Å². The lowest BCUT2D eigenvalue weighted by atomic mass is 10.0. The normalized spacial score (nSPS) is 17.4. The first kappa shape index (κ1) is 12.0. The maximum atomic E-state index is 12.1. The largest absolute Gasteiger partial charge is 0.244 e. The molecule has 0 atom stereocenters. The molecule has 0 amide bonds. The fourth-order valence-electron chi connectivity index (χ4n) is 1.73. The number of pyridine rings is 1. The first-order valence-corrected chi connectivity index (χ1v) is 6.88. The van der Waals surface area contributed by atoms with Crippen LogP contribution in [-0.2, 0) is 10.0 Å². The lowest BCUT2D eigenvalue weighted by molar-refractivity contribution is 0.196.